The van der Waals surface area contributed by atoms with Crippen LogP contribution in [0.4, 0.5) is 13.2 Å². The molecule has 0 saturated heterocycles. The van der Waals surface area contributed by atoms with Crippen LogP contribution >= 0.6 is 27.3 Å². The van der Waals surface area contributed by atoms with Gasteiger partial charge in [-0.2, -0.15) is 9.78 Å². The molecular weight excluding hydrogens is 485 g/mol. The van der Waals surface area contributed by atoms with E-state index in [1.165, 1.54) is 29.5 Å². The average Bonchev–Trinajstić information content (AvgIpc) is 3.21. The summed E-state index contributed by atoms with van der Waals surface area (Å²) in [5.74, 6) is -2.30. The number of benzene rings is 2. The van der Waals surface area contributed by atoms with Crippen LogP contribution in [0.3, 0.4) is 0 Å². The molecule has 0 spiro atoms. The summed E-state index contributed by atoms with van der Waals surface area (Å²) in [4.78, 5) is 16.7. The average molecular weight is 497 g/mol. The topological polar surface area (TPSA) is 61.9 Å². The van der Waals surface area contributed by atoms with Gasteiger partial charge in [0.25, 0.3) is 0 Å². The van der Waals surface area contributed by atoms with E-state index >= 15 is 0 Å². The summed E-state index contributed by atoms with van der Waals surface area (Å²) in [6.45, 7) is 1.38. The quantitative estimate of drug-likeness (QED) is 0.397. The normalized spacial score (nSPS) is 11.1. The zero-order valence-corrected chi connectivity index (χ0v) is 17.7. The van der Waals surface area contributed by atoms with Crippen LogP contribution in [0.1, 0.15) is 11.3 Å². The molecule has 0 radical (unpaired) electrons. The van der Waals surface area contributed by atoms with Crippen molar-refractivity contribution in [3.8, 4) is 16.5 Å². The molecule has 0 aliphatic rings. The molecule has 154 valence electrons. The van der Waals surface area contributed by atoms with Gasteiger partial charge in [-0.3, -0.25) is 4.57 Å². The molecule has 11 heteroatoms. The summed E-state index contributed by atoms with van der Waals surface area (Å²) in [5, 5.41) is 4.35. The van der Waals surface area contributed by atoms with E-state index in [9.17, 15) is 18.0 Å². The van der Waals surface area contributed by atoms with E-state index in [2.05, 4.69) is 26.0 Å². The third kappa shape index (κ3) is 3.90. The number of halogens is 4. The first-order valence-electron chi connectivity index (χ1n) is 8.51. The number of nitrogens with zero attached hydrogens (tertiary/aromatic N) is 4. The second-order valence-corrected chi connectivity index (χ2v) is 8.45. The highest BCUT2D eigenvalue weighted by Gasteiger charge is 2.16. The van der Waals surface area contributed by atoms with Gasteiger partial charge in [0.05, 0.1) is 17.9 Å². The number of aromatic nitrogens is 4. The third-order valence-corrected chi connectivity index (χ3v) is 5.70. The summed E-state index contributed by atoms with van der Waals surface area (Å²) < 4.78 is 50.4. The fourth-order valence-corrected chi connectivity index (χ4v) is 4.09. The smallest absolute Gasteiger partial charge is 0.350 e. The SMILES string of the molecule is Cc1nc(Br)sc1Oc1ccc(-n2ncn(Cc3c(F)cccc3F)c2=O)cc1F. The third-order valence-electron chi connectivity index (χ3n) is 4.21. The largest absolute Gasteiger partial charge is 0.442 e. The molecule has 0 aliphatic heterocycles. The van der Waals surface area contributed by atoms with Crippen molar-refractivity contribution in [3.63, 3.8) is 0 Å². The second-order valence-electron chi connectivity index (χ2n) is 6.21. The maximum absolute atomic E-state index is 14.5. The fraction of sp³-hybridized carbons (Fsp3) is 0.105. The highest BCUT2D eigenvalue weighted by molar-refractivity contribution is 9.11. The van der Waals surface area contributed by atoms with Crippen LogP contribution in [0, 0.1) is 24.4 Å². The standard InChI is InChI=1S/C19H12BrF3N4O2S/c1-10-17(30-18(20)25-10)29-16-6-5-11(7-15(16)23)27-19(28)26(9-24-27)8-12-13(21)3-2-4-14(12)22/h2-7,9H,8H2,1H3. The van der Waals surface area contributed by atoms with Gasteiger partial charge in [0.15, 0.2) is 15.5 Å². The summed E-state index contributed by atoms with van der Waals surface area (Å²) in [6, 6.07) is 7.34. The lowest BCUT2D eigenvalue weighted by atomic mass is 10.2. The van der Waals surface area contributed by atoms with Gasteiger partial charge in [-0.05, 0) is 47.1 Å². The molecule has 2 aromatic carbocycles. The van der Waals surface area contributed by atoms with Crippen molar-refractivity contribution in [1.82, 2.24) is 19.3 Å². The predicted octanol–water partition coefficient (Wildman–Crippen LogP) is 4.82. The summed E-state index contributed by atoms with van der Waals surface area (Å²) in [5.41, 5.74) is -0.196. The number of ether oxygens (including phenoxy) is 1. The molecule has 0 aliphatic carbocycles. The number of hydrogen-bond acceptors (Lipinski definition) is 5. The van der Waals surface area contributed by atoms with Crippen LogP contribution < -0.4 is 10.4 Å². The molecule has 0 unspecified atom stereocenters. The molecule has 0 saturated carbocycles. The van der Waals surface area contributed by atoms with E-state index in [4.69, 9.17) is 4.74 Å². The zero-order valence-electron chi connectivity index (χ0n) is 15.3. The first-order valence-corrected chi connectivity index (χ1v) is 10.1. The van der Waals surface area contributed by atoms with Crippen LogP contribution in [0.5, 0.6) is 10.8 Å². The molecule has 4 aromatic rings. The molecule has 0 fully saturated rings. The Morgan fingerprint density at radius 2 is 1.87 bits per heavy atom. The van der Waals surface area contributed by atoms with Crippen molar-refractivity contribution < 1.29 is 17.9 Å². The minimum atomic E-state index is -0.771. The van der Waals surface area contributed by atoms with Gasteiger partial charge in [0, 0.05) is 11.6 Å². The molecule has 6 nitrogen and oxygen atoms in total. The Morgan fingerprint density at radius 1 is 1.13 bits per heavy atom. The Morgan fingerprint density at radius 3 is 2.50 bits per heavy atom. The number of thiazole rings is 1. The lowest BCUT2D eigenvalue weighted by Crippen LogP contribution is -2.24. The van der Waals surface area contributed by atoms with Crippen molar-refractivity contribution >= 4 is 27.3 Å². The van der Waals surface area contributed by atoms with Gasteiger partial charge >= 0.3 is 5.69 Å². The van der Waals surface area contributed by atoms with Gasteiger partial charge in [-0.25, -0.2) is 22.9 Å². The van der Waals surface area contributed by atoms with E-state index < -0.39 is 23.1 Å². The molecule has 30 heavy (non-hydrogen) atoms. The van der Waals surface area contributed by atoms with Gasteiger partial charge in [0.2, 0.25) is 5.06 Å². The molecule has 4 rings (SSSR count). The highest BCUT2D eigenvalue weighted by atomic mass is 79.9. The molecule has 0 atom stereocenters. The minimum absolute atomic E-state index is 0.0427. The van der Waals surface area contributed by atoms with Crippen molar-refractivity contribution in [2.45, 2.75) is 13.5 Å². The van der Waals surface area contributed by atoms with E-state index in [1.807, 2.05) is 0 Å². The Labute approximate surface area is 180 Å². The summed E-state index contributed by atoms with van der Waals surface area (Å²) >= 11 is 4.45. The monoisotopic (exact) mass is 496 g/mol. The molecule has 2 heterocycles. The molecule has 0 amide bonds. The van der Waals surface area contributed by atoms with Crippen LogP contribution in [0.2, 0.25) is 0 Å². The van der Waals surface area contributed by atoms with E-state index in [-0.39, 0.29) is 23.5 Å². The highest BCUT2D eigenvalue weighted by Crippen LogP contribution is 2.35. The first-order chi connectivity index (χ1) is 14.3. The van der Waals surface area contributed by atoms with Gasteiger partial charge < -0.3 is 4.74 Å². The Bertz CT molecular complexity index is 1280. The molecule has 0 N–H and O–H groups in total. The van der Waals surface area contributed by atoms with Crippen LogP contribution in [0.25, 0.3) is 5.69 Å². The van der Waals surface area contributed by atoms with E-state index in [0.717, 1.165) is 33.8 Å². The van der Waals surface area contributed by atoms with Crippen molar-refractivity contribution in [2.24, 2.45) is 0 Å². The Kier molecular flexibility index (Phi) is 5.48. The van der Waals surface area contributed by atoms with Crippen LogP contribution in [-0.2, 0) is 6.54 Å². The van der Waals surface area contributed by atoms with Crippen LogP contribution in [-0.4, -0.2) is 19.3 Å². The lowest BCUT2D eigenvalue weighted by Gasteiger charge is -2.07. The second kappa shape index (κ2) is 8.07. The van der Waals surface area contributed by atoms with Crippen molar-refractivity contribution in [3.05, 3.63) is 85.8 Å². The van der Waals surface area contributed by atoms with Gasteiger partial charge in [-0.15, -0.1) is 0 Å². The van der Waals surface area contributed by atoms with E-state index in [0.29, 0.717) is 14.7 Å². The van der Waals surface area contributed by atoms with Crippen molar-refractivity contribution in [2.75, 3.05) is 0 Å². The van der Waals surface area contributed by atoms with Gasteiger partial charge in [0.1, 0.15) is 18.0 Å². The molecule has 2 aromatic heterocycles. The zero-order chi connectivity index (χ0) is 21.4. The Balaban J connectivity index is 1.61. The Hall–Kier alpha value is -2.92. The first kappa shape index (κ1) is 20.4. The van der Waals surface area contributed by atoms with Crippen LogP contribution in [0.15, 0.2) is 51.4 Å². The summed E-state index contributed by atoms with van der Waals surface area (Å²) in [7, 11) is 0. The number of aryl methyl sites for hydroxylation is 1. The fourth-order valence-electron chi connectivity index (χ4n) is 2.72. The molecule has 0 bridgehead atoms. The van der Waals surface area contributed by atoms with Crippen molar-refractivity contribution in [1.29, 1.82) is 0 Å². The number of rotatable bonds is 5. The van der Waals surface area contributed by atoms with E-state index in [1.54, 1.807) is 6.92 Å². The molecular formula is C19H12BrF3N4O2S. The number of hydrogen-bond donors (Lipinski definition) is 0. The lowest BCUT2D eigenvalue weighted by molar-refractivity contribution is 0.448. The maximum atomic E-state index is 14.5. The summed E-state index contributed by atoms with van der Waals surface area (Å²) in [6.07, 6.45) is 1.13. The maximum Gasteiger partial charge on any atom is 0.350 e. The minimum Gasteiger partial charge on any atom is -0.442 e. The van der Waals surface area contributed by atoms with Gasteiger partial charge in [-0.1, -0.05) is 17.4 Å². The predicted molar refractivity (Wildman–Crippen MR) is 108 cm³/mol.